The highest BCUT2D eigenvalue weighted by Gasteiger charge is 2.24. The summed E-state index contributed by atoms with van der Waals surface area (Å²) in [6, 6.07) is 10.8. The van der Waals surface area contributed by atoms with Gasteiger partial charge in [0.25, 0.3) is 5.91 Å². The number of nitrogens with zero attached hydrogens (tertiary/aromatic N) is 2. The monoisotopic (exact) mass is 355 g/mol. The van der Waals surface area contributed by atoms with E-state index in [1.807, 2.05) is 6.07 Å². The molecule has 0 saturated heterocycles. The van der Waals surface area contributed by atoms with Gasteiger partial charge < -0.3 is 10.1 Å². The second kappa shape index (κ2) is 8.00. The van der Waals surface area contributed by atoms with Crippen LogP contribution < -0.4 is 10.1 Å². The van der Waals surface area contributed by atoms with E-state index in [2.05, 4.69) is 10.3 Å². The van der Waals surface area contributed by atoms with Crippen LogP contribution in [0.25, 0.3) is 0 Å². The third kappa shape index (κ3) is 4.49. The number of nitrogens with one attached hydrogen (secondary N) is 1. The maximum absolute atomic E-state index is 12.2. The molecule has 25 heavy (non-hydrogen) atoms. The van der Waals surface area contributed by atoms with Gasteiger partial charge in [-0.2, -0.15) is 5.26 Å². The van der Waals surface area contributed by atoms with Crippen molar-refractivity contribution in [3.05, 3.63) is 58.9 Å². The standard InChI is InChI=1S/C19H18ClN3O2/c20-18-10-17(6-3-13(18)11-21)25-16-7-4-15(5-8-16)23-19(24)14-2-1-9-22-12-14/h1-3,6,9-10,12,15-16H,4-5,7-8H2,(H,23,24)/t15-,16-. The maximum atomic E-state index is 12.2. The Morgan fingerprint density at radius 3 is 2.72 bits per heavy atom. The van der Waals surface area contributed by atoms with Crippen molar-refractivity contribution in [3.8, 4) is 11.8 Å². The first kappa shape index (κ1) is 17.2. The van der Waals surface area contributed by atoms with Gasteiger partial charge >= 0.3 is 0 Å². The quantitative estimate of drug-likeness (QED) is 0.906. The summed E-state index contributed by atoms with van der Waals surface area (Å²) >= 11 is 6.03. The number of hydrogen-bond donors (Lipinski definition) is 1. The molecule has 0 unspecified atom stereocenters. The van der Waals surface area contributed by atoms with E-state index < -0.39 is 0 Å². The van der Waals surface area contributed by atoms with Crippen LogP contribution in [0, 0.1) is 11.3 Å². The van der Waals surface area contributed by atoms with E-state index in [0.29, 0.717) is 21.9 Å². The van der Waals surface area contributed by atoms with Gasteiger partial charge in [0.2, 0.25) is 0 Å². The summed E-state index contributed by atoms with van der Waals surface area (Å²) in [5, 5.41) is 12.4. The molecule has 1 amide bonds. The lowest BCUT2D eigenvalue weighted by Crippen LogP contribution is -2.39. The molecule has 0 bridgehead atoms. The van der Waals surface area contributed by atoms with Crippen molar-refractivity contribution in [2.75, 3.05) is 0 Å². The van der Waals surface area contributed by atoms with Crippen LogP contribution in [-0.2, 0) is 0 Å². The zero-order valence-electron chi connectivity index (χ0n) is 13.6. The maximum Gasteiger partial charge on any atom is 0.253 e. The van der Waals surface area contributed by atoms with Crippen LogP contribution in [-0.4, -0.2) is 23.0 Å². The zero-order chi connectivity index (χ0) is 17.6. The van der Waals surface area contributed by atoms with E-state index in [4.69, 9.17) is 21.6 Å². The largest absolute Gasteiger partial charge is 0.490 e. The Hall–Kier alpha value is -2.58. The number of halogens is 1. The molecule has 0 radical (unpaired) electrons. The SMILES string of the molecule is N#Cc1ccc(O[C@H]2CC[C@H](NC(=O)c3cccnc3)CC2)cc1Cl. The van der Waals surface area contributed by atoms with Crippen LogP contribution in [0.2, 0.25) is 5.02 Å². The Morgan fingerprint density at radius 1 is 1.28 bits per heavy atom. The molecule has 1 saturated carbocycles. The van der Waals surface area contributed by atoms with Crippen molar-refractivity contribution in [1.82, 2.24) is 10.3 Å². The minimum Gasteiger partial charge on any atom is -0.490 e. The fraction of sp³-hybridized carbons (Fsp3) is 0.316. The summed E-state index contributed by atoms with van der Waals surface area (Å²) in [6.45, 7) is 0. The van der Waals surface area contributed by atoms with Gasteiger partial charge in [-0.3, -0.25) is 9.78 Å². The van der Waals surface area contributed by atoms with Gasteiger partial charge in [0.05, 0.1) is 22.3 Å². The molecule has 1 heterocycles. The Kier molecular flexibility index (Phi) is 5.52. The summed E-state index contributed by atoms with van der Waals surface area (Å²) < 4.78 is 5.96. The van der Waals surface area contributed by atoms with E-state index >= 15 is 0 Å². The minimum absolute atomic E-state index is 0.0867. The van der Waals surface area contributed by atoms with E-state index in [1.165, 1.54) is 0 Å². The Balaban J connectivity index is 1.50. The lowest BCUT2D eigenvalue weighted by molar-refractivity contribution is 0.0893. The fourth-order valence-corrected chi connectivity index (χ4v) is 3.16. The van der Waals surface area contributed by atoms with E-state index in [1.54, 1.807) is 42.7 Å². The molecule has 1 N–H and O–H groups in total. The van der Waals surface area contributed by atoms with Gasteiger partial charge in [-0.05, 0) is 49.9 Å². The first-order valence-electron chi connectivity index (χ1n) is 8.23. The van der Waals surface area contributed by atoms with Crippen LogP contribution >= 0.6 is 11.6 Å². The van der Waals surface area contributed by atoms with E-state index in [-0.39, 0.29) is 18.1 Å². The topological polar surface area (TPSA) is 75.0 Å². The summed E-state index contributed by atoms with van der Waals surface area (Å²) in [7, 11) is 0. The summed E-state index contributed by atoms with van der Waals surface area (Å²) in [5.74, 6) is 0.586. The number of benzene rings is 1. The number of ether oxygens (including phenoxy) is 1. The molecule has 1 fully saturated rings. The molecule has 128 valence electrons. The second-order valence-electron chi connectivity index (χ2n) is 6.06. The molecular formula is C19H18ClN3O2. The lowest BCUT2D eigenvalue weighted by atomic mass is 9.92. The molecule has 3 rings (SSSR count). The van der Waals surface area contributed by atoms with Crippen LogP contribution in [0.3, 0.4) is 0 Å². The van der Waals surface area contributed by atoms with Crippen LogP contribution in [0.4, 0.5) is 0 Å². The predicted molar refractivity (Wildman–Crippen MR) is 94.5 cm³/mol. The number of aromatic nitrogens is 1. The Morgan fingerprint density at radius 2 is 2.08 bits per heavy atom. The number of carbonyl (C=O) groups excluding carboxylic acids is 1. The third-order valence-corrected chi connectivity index (χ3v) is 4.61. The highest BCUT2D eigenvalue weighted by Crippen LogP contribution is 2.27. The van der Waals surface area contributed by atoms with Gasteiger partial charge in [0.1, 0.15) is 11.8 Å². The van der Waals surface area contributed by atoms with E-state index in [0.717, 1.165) is 25.7 Å². The van der Waals surface area contributed by atoms with Gasteiger partial charge in [-0.25, -0.2) is 0 Å². The molecule has 6 heteroatoms. The number of rotatable bonds is 4. The first-order valence-corrected chi connectivity index (χ1v) is 8.60. The molecular weight excluding hydrogens is 338 g/mol. The molecule has 1 aliphatic rings. The Bertz CT molecular complexity index is 781. The van der Waals surface area contributed by atoms with E-state index in [9.17, 15) is 4.79 Å². The smallest absolute Gasteiger partial charge is 0.253 e. The molecule has 1 aliphatic carbocycles. The van der Waals surface area contributed by atoms with Crippen LogP contribution in [0.1, 0.15) is 41.6 Å². The molecule has 2 aromatic rings. The molecule has 0 spiro atoms. The van der Waals surface area contributed by atoms with Crippen LogP contribution in [0.15, 0.2) is 42.7 Å². The first-order chi connectivity index (χ1) is 12.2. The van der Waals surface area contributed by atoms with Crippen molar-refractivity contribution in [3.63, 3.8) is 0 Å². The van der Waals surface area contributed by atoms with Crippen molar-refractivity contribution in [1.29, 1.82) is 5.26 Å². The predicted octanol–water partition coefficient (Wildman–Crippen LogP) is 3.73. The van der Waals surface area contributed by atoms with Gasteiger partial charge in [0, 0.05) is 24.5 Å². The highest BCUT2D eigenvalue weighted by atomic mass is 35.5. The zero-order valence-corrected chi connectivity index (χ0v) is 14.4. The van der Waals surface area contributed by atoms with Crippen molar-refractivity contribution in [2.24, 2.45) is 0 Å². The molecule has 0 atom stereocenters. The normalized spacial score (nSPS) is 19.7. The lowest BCUT2D eigenvalue weighted by Gasteiger charge is -2.29. The molecule has 0 aliphatic heterocycles. The van der Waals surface area contributed by atoms with Crippen molar-refractivity contribution < 1.29 is 9.53 Å². The third-order valence-electron chi connectivity index (χ3n) is 4.30. The second-order valence-corrected chi connectivity index (χ2v) is 6.47. The van der Waals surface area contributed by atoms with Gasteiger partial charge in [-0.1, -0.05) is 11.6 Å². The summed E-state index contributed by atoms with van der Waals surface area (Å²) in [4.78, 5) is 16.1. The number of carbonyl (C=O) groups is 1. The molecule has 1 aromatic carbocycles. The summed E-state index contributed by atoms with van der Waals surface area (Å²) in [5.41, 5.74) is 1.02. The van der Waals surface area contributed by atoms with Crippen molar-refractivity contribution in [2.45, 2.75) is 37.8 Å². The number of hydrogen-bond acceptors (Lipinski definition) is 4. The average molecular weight is 356 g/mol. The fourth-order valence-electron chi connectivity index (χ4n) is 2.94. The van der Waals surface area contributed by atoms with Gasteiger partial charge in [0.15, 0.2) is 0 Å². The van der Waals surface area contributed by atoms with Gasteiger partial charge in [-0.15, -0.1) is 0 Å². The average Bonchev–Trinajstić information content (AvgIpc) is 2.64. The number of pyridine rings is 1. The minimum atomic E-state index is -0.0867. The molecule has 5 nitrogen and oxygen atoms in total. The number of nitriles is 1. The van der Waals surface area contributed by atoms with Crippen molar-refractivity contribution >= 4 is 17.5 Å². The van der Waals surface area contributed by atoms with Crippen LogP contribution in [0.5, 0.6) is 5.75 Å². The number of amides is 1. The highest BCUT2D eigenvalue weighted by molar-refractivity contribution is 6.31. The molecule has 1 aromatic heterocycles. The summed E-state index contributed by atoms with van der Waals surface area (Å²) in [6.07, 6.45) is 6.75. The Labute approximate surface area is 151 Å².